The van der Waals surface area contributed by atoms with E-state index in [0.29, 0.717) is 13.2 Å². The van der Waals surface area contributed by atoms with Gasteiger partial charge in [-0.3, -0.25) is 9.63 Å². The molecule has 0 aliphatic carbocycles. The van der Waals surface area contributed by atoms with Crippen LogP contribution in [-0.4, -0.2) is 31.3 Å². The Morgan fingerprint density at radius 3 is 2.32 bits per heavy atom. The third-order valence-corrected chi connectivity index (χ3v) is 4.93. The molecule has 2 unspecified atom stereocenters. The van der Waals surface area contributed by atoms with Crippen LogP contribution in [0.1, 0.15) is 18.5 Å². The fraction of sp³-hybridized carbons (Fsp3) is 0.286. The molecule has 128 valence electrons. The standard InChI is InChI=1S/C21H21NO3/c1-3-24-21(23)18-13-25-22(2)20(18)19-16-10-6-4-8-14(16)12-15-9-5-7-11-17(15)19/h4-12,18,20H,3,13H2,1-2H3. The van der Waals surface area contributed by atoms with Gasteiger partial charge in [0.05, 0.1) is 19.3 Å². The summed E-state index contributed by atoms with van der Waals surface area (Å²) in [5, 5.41) is 6.43. The Morgan fingerprint density at radius 2 is 1.72 bits per heavy atom. The van der Waals surface area contributed by atoms with E-state index in [1.165, 1.54) is 10.8 Å². The van der Waals surface area contributed by atoms with Crippen LogP contribution < -0.4 is 0 Å². The molecule has 1 aliphatic heterocycles. The molecule has 0 bridgehead atoms. The lowest BCUT2D eigenvalue weighted by molar-refractivity contribution is -0.148. The van der Waals surface area contributed by atoms with Gasteiger partial charge in [-0.15, -0.1) is 0 Å². The van der Waals surface area contributed by atoms with Gasteiger partial charge in [-0.25, -0.2) is 0 Å². The van der Waals surface area contributed by atoms with E-state index >= 15 is 0 Å². The van der Waals surface area contributed by atoms with E-state index in [1.54, 1.807) is 5.06 Å². The molecule has 0 saturated carbocycles. The number of ether oxygens (including phenoxy) is 1. The topological polar surface area (TPSA) is 38.8 Å². The van der Waals surface area contributed by atoms with Gasteiger partial charge in [-0.2, -0.15) is 5.06 Å². The molecule has 3 aromatic carbocycles. The molecule has 0 N–H and O–H groups in total. The molecule has 1 heterocycles. The van der Waals surface area contributed by atoms with Gasteiger partial charge < -0.3 is 4.74 Å². The summed E-state index contributed by atoms with van der Waals surface area (Å²) < 4.78 is 5.30. The van der Waals surface area contributed by atoms with Crippen LogP contribution in [0.25, 0.3) is 21.5 Å². The Bertz CT molecular complexity index is 883. The largest absolute Gasteiger partial charge is 0.466 e. The zero-order valence-corrected chi connectivity index (χ0v) is 14.4. The van der Waals surface area contributed by atoms with Crippen molar-refractivity contribution in [1.29, 1.82) is 0 Å². The van der Waals surface area contributed by atoms with E-state index in [9.17, 15) is 4.79 Å². The number of hydrogen-bond donors (Lipinski definition) is 0. The highest BCUT2D eigenvalue weighted by Gasteiger charge is 2.41. The van der Waals surface area contributed by atoms with Gasteiger partial charge in [0.2, 0.25) is 0 Å². The van der Waals surface area contributed by atoms with Crippen LogP contribution in [-0.2, 0) is 14.4 Å². The second kappa shape index (κ2) is 6.47. The molecule has 3 aromatic rings. The normalized spacial score (nSPS) is 21.0. The Labute approximate surface area is 146 Å². The molecular weight excluding hydrogens is 314 g/mol. The average molecular weight is 335 g/mol. The lowest BCUT2D eigenvalue weighted by Crippen LogP contribution is -2.27. The molecule has 4 nitrogen and oxygen atoms in total. The molecule has 4 rings (SSSR count). The lowest BCUT2D eigenvalue weighted by Gasteiger charge is -2.25. The van der Waals surface area contributed by atoms with Crippen molar-refractivity contribution in [3.05, 3.63) is 60.2 Å². The highest BCUT2D eigenvalue weighted by molar-refractivity contribution is 6.03. The van der Waals surface area contributed by atoms with Gasteiger partial charge in [0, 0.05) is 7.05 Å². The first-order valence-corrected chi connectivity index (χ1v) is 8.63. The van der Waals surface area contributed by atoms with E-state index in [0.717, 1.165) is 16.3 Å². The Balaban J connectivity index is 1.98. The summed E-state index contributed by atoms with van der Waals surface area (Å²) in [6, 6.07) is 18.6. The van der Waals surface area contributed by atoms with Gasteiger partial charge >= 0.3 is 5.97 Å². The summed E-state index contributed by atoms with van der Waals surface area (Å²) in [5.41, 5.74) is 1.13. The fourth-order valence-electron chi connectivity index (χ4n) is 3.82. The van der Waals surface area contributed by atoms with Crippen LogP contribution in [0.5, 0.6) is 0 Å². The zero-order chi connectivity index (χ0) is 17.4. The van der Waals surface area contributed by atoms with Gasteiger partial charge in [-0.05, 0) is 40.1 Å². The van der Waals surface area contributed by atoms with E-state index < -0.39 is 0 Å². The van der Waals surface area contributed by atoms with Crippen LogP contribution in [0, 0.1) is 5.92 Å². The molecule has 0 aromatic heterocycles. The molecule has 1 saturated heterocycles. The first kappa shape index (κ1) is 16.1. The predicted octanol–water partition coefficient (Wildman–Crippen LogP) is 4.09. The Morgan fingerprint density at radius 1 is 1.12 bits per heavy atom. The number of hydroxylamine groups is 2. The molecule has 2 atom stereocenters. The third-order valence-electron chi connectivity index (χ3n) is 4.93. The SMILES string of the molecule is CCOC(=O)C1CON(C)C1c1c2ccccc2cc2ccccc12. The maximum Gasteiger partial charge on any atom is 0.313 e. The van der Waals surface area contributed by atoms with Crippen molar-refractivity contribution in [2.75, 3.05) is 20.3 Å². The first-order chi connectivity index (χ1) is 12.2. The number of benzene rings is 3. The van der Waals surface area contributed by atoms with E-state index in [2.05, 4.69) is 30.3 Å². The maximum absolute atomic E-state index is 12.5. The number of carbonyl (C=O) groups is 1. The van der Waals surface area contributed by atoms with Crippen LogP contribution in [0.2, 0.25) is 0 Å². The highest BCUT2D eigenvalue weighted by Crippen LogP contribution is 2.42. The van der Waals surface area contributed by atoms with Crippen LogP contribution in [0.4, 0.5) is 0 Å². The zero-order valence-electron chi connectivity index (χ0n) is 14.4. The van der Waals surface area contributed by atoms with Gasteiger partial charge in [0.1, 0.15) is 5.92 Å². The second-order valence-corrected chi connectivity index (χ2v) is 6.38. The summed E-state index contributed by atoms with van der Waals surface area (Å²) in [5.74, 6) is -0.534. The molecule has 1 aliphatic rings. The van der Waals surface area contributed by atoms with E-state index in [-0.39, 0.29) is 17.9 Å². The van der Waals surface area contributed by atoms with Gasteiger partial charge in [0.15, 0.2) is 0 Å². The van der Waals surface area contributed by atoms with Crippen molar-refractivity contribution < 1.29 is 14.4 Å². The minimum Gasteiger partial charge on any atom is -0.466 e. The molecule has 4 heteroatoms. The molecule has 25 heavy (non-hydrogen) atoms. The van der Waals surface area contributed by atoms with Crippen molar-refractivity contribution in [2.24, 2.45) is 5.92 Å². The van der Waals surface area contributed by atoms with Crippen molar-refractivity contribution in [3.8, 4) is 0 Å². The first-order valence-electron chi connectivity index (χ1n) is 8.63. The summed E-state index contributed by atoms with van der Waals surface area (Å²) >= 11 is 0. The minimum absolute atomic E-state index is 0.171. The van der Waals surface area contributed by atoms with Crippen molar-refractivity contribution in [1.82, 2.24) is 5.06 Å². The number of fused-ring (bicyclic) bond motifs is 2. The lowest BCUT2D eigenvalue weighted by atomic mass is 9.86. The quantitative estimate of drug-likeness (QED) is 0.534. The van der Waals surface area contributed by atoms with E-state index in [4.69, 9.17) is 9.57 Å². The molecule has 0 radical (unpaired) electrons. The third kappa shape index (κ3) is 2.68. The Kier molecular flexibility index (Phi) is 4.15. The van der Waals surface area contributed by atoms with Crippen LogP contribution in [0.15, 0.2) is 54.6 Å². The number of carbonyl (C=O) groups excluding carboxylic acids is 1. The highest BCUT2D eigenvalue weighted by atomic mass is 16.7. The van der Waals surface area contributed by atoms with Gasteiger partial charge in [0.25, 0.3) is 0 Å². The Hall–Kier alpha value is -2.43. The number of hydrogen-bond acceptors (Lipinski definition) is 4. The molecular formula is C21H21NO3. The molecule has 0 amide bonds. The molecule has 0 spiro atoms. The van der Waals surface area contributed by atoms with Crippen LogP contribution in [0.3, 0.4) is 0 Å². The minimum atomic E-state index is -0.334. The second-order valence-electron chi connectivity index (χ2n) is 6.38. The monoisotopic (exact) mass is 335 g/mol. The number of esters is 1. The summed E-state index contributed by atoms with van der Waals surface area (Å²) in [6.45, 7) is 2.55. The number of rotatable bonds is 3. The summed E-state index contributed by atoms with van der Waals surface area (Å²) in [4.78, 5) is 18.2. The van der Waals surface area contributed by atoms with Crippen molar-refractivity contribution >= 4 is 27.5 Å². The van der Waals surface area contributed by atoms with Crippen molar-refractivity contribution in [3.63, 3.8) is 0 Å². The maximum atomic E-state index is 12.5. The summed E-state index contributed by atoms with van der Waals surface area (Å²) in [7, 11) is 1.89. The van der Waals surface area contributed by atoms with E-state index in [1.807, 2.05) is 38.2 Å². The van der Waals surface area contributed by atoms with Gasteiger partial charge in [-0.1, -0.05) is 48.5 Å². The fourth-order valence-corrected chi connectivity index (χ4v) is 3.82. The predicted molar refractivity (Wildman–Crippen MR) is 98.0 cm³/mol. The smallest absolute Gasteiger partial charge is 0.313 e. The summed E-state index contributed by atoms with van der Waals surface area (Å²) in [6.07, 6.45) is 0. The number of nitrogens with zero attached hydrogens (tertiary/aromatic N) is 1. The van der Waals surface area contributed by atoms with Crippen LogP contribution >= 0.6 is 0 Å². The van der Waals surface area contributed by atoms with Crippen molar-refractivity contribution in [2.45, 2.75) is 13.0 Å². The molecule has 1 fully saturated rings. The average Bonchev–Trinajstić information content (AvgIpc) is 3.01.